The van der Waals surface area contributed by atoms with E-state index >= 15 is 0 Å². The molecule has 122 valence electrons. The van der Waals surface area contributed by atoms with E-state index < -0.39 is 0 Å². The summed E-state index contributed by atoms with van der Waals surface area (Å²) in [6.07, 6.45) is 3.02. The number of hydrogen-bond acceptors (Lipinski definition) is 3. The first-order valence-electron chi connectivity index (χ1n) is 8.22. The first-order valence-corrected chi connectivity index (χ1v) is 9.21. The van der Waals surface area contributed by atoms with Gasteiger partial charge in [0.1, 0.15) is 0 Å². The fourth-order valence-corrected chi connectivity index (χ4v) is 3.90. The average Bonchev–Trinajstić information content (AvgIpc) is 2.51. The Bertz CT molecular complexity index is 502. The Hall–Kier alpha value is -1.00. The van der Waals surface area contributed by atoms with Gasteiger partial charge in [0.05, 0.1) is 0 Å². The third-order valence-electron chi connectivity index (χ3n) is 4.43. The number of rotatable bonds is 6. The maximum Gasteiger partial charge on any atom is 0.223 e. The quantitative estimate of drug-likeness (QED) is 0.817. The molecule has 1 amide bonds. The molecule has 1 aromatic rings. The number of hydrogen-bond donors (Lipinski definition) is 1. The maximum absolute atomic E-state index is 12.4. The highest BCUT2D eigenvalue weighted by molar-refractivity contribution is 7.99. The summed E-state index contributed by atoms with van der Waals surface area (Å²) in [5.41, 5.74) is 2.64. The number of benzene rings is 1. The first kappa shape index (κ1) is 17.4. The minimum atomic E-state index is 0.317. The first-order chi connectivity index (χ1) is 10.6. The molecule has 0 radical (unpaired) electrons. The van der Waals surface area contributed by atoms with E-state index in [2.05, 4.69) is 42.3 Å². The number of nitrogens with zero attached hydrogens (tertiary/aromatic N) is 1. The summed E-state index contributed by atoms with van der Waals surface area (Å²) in [7, 11) is 1.99. The number of amides is 1. The lowest BCUT2D eigenvalue weighted by molar-refractivity contribution is -0.132. The van der Waals surface area contributed by atoms with Gasteiger partial charge >= 0.3 is 0 Å². The number of piperidine rings is 1. The molecule has 0 saturated carbocycles. The van der Waals surface area contributed by atoms with Crippen molar-refractivity contribution < 1.29 is 4.79 Å². The molecule has 1 aromatic carbocycles. The maximum atomic E-state index is 12.4. The molecule has 1 N–H and O–H groups in total. The zero-order valence-corrected chi connectivity index (χ0v) is 14.8. The lowest BCUT2D eigenvalue weighted by Crippen LogP contribution is -2.42. The number of aryl methyl sites for hydroxylation is 2. The Balaban J connectivity index is 1.76. The van der Waals surface area contributed by atoms with Crippen molar-refractivity contribution in [3.63, 3.8) is 0 Å². The molecule has 1 heterocycles. The molecule has 1 aliphatic rings. The van der Waals surface area contributed by atoms with Gasteiger partial charge in [-0.1, -0.05) is 6.07 Å². The zero-order chi connectivity index (χ0) is 15.9. The van der Waals surface area contributed by atoms with Gasteiger partial charge in [-0.2, -0.15) is 0 Å². The van der Waals surface area contributed by atoms with E-state index in [4.69, 9.17) is 0 Å². The Labute approximate surface area is 138 Å². The van der Waals surface area contributed by atoms with Crippen LogP contribution in [-0.2, 0) is 4.79 Å². The van der Waals surface area contributed by atoms with Crippen LogP contribution in [0.3, 0.4) is 0 Å². The molecule has 1 saturated heterocycles. The monoisotopic (exact) mass is 320 g/mol. The summed E-state index contributed by atoms with van der Waals surface area (Å²) in [6.45, 7) is 7.15. The van der Waals surface area contributed by atoms with Crippen LogP contribution in [0.5, 0.6) is 0 Å². The van der Waals surface area contributed by atoms with Crippen molar-refractivity contribution in [2.75, 3.05) is 32.4 Å². The third kappa shape index (κ3) is 5.03. The van der Waals surface area contributed by atoms with Crippen molar-refractivity contribution in [3.8, 4) is 0 Å². The van der Waals surface area contributed by atoms with Crippen LogP contribution in [0.15, 0.2) is 23.1 Å². The molecule has 4 heteroatoms. The second-order valence-electron chi connectivity index (χ2n) is 6.25. The largest absolute Gasteiger partial charge is 0.342 e. The Kier molecular flexibility index (Phi) is 6.77. The van der Waals surface area contributed by atoms with Crippen molar-refractivity contribution in [2.24, 2.45) is 5.92 Å². The van der Waals surface area contributed by atoms with Gasteiger partial charge in [-0.05, 0) is 69.5 Å². The SMILES string of the molecule is CNCC1CCCN(C(=O)CCSc2ccc(C)c(C)c2)C1. The van der Waals surface area contributed by atoms with Gasteiger partial charge in [-0.15, -0.1) is 11.8 Å². The molecule has 3 nitrogen and oxygen atoms in total. The highest BCUT2D eigenvalue weighted by Gasteiger charge is 2.22. The number of carbonyl (C=O) groups is 1. The fourth-order valence-electron chi connectivity index (χ4n) is 2.96. The zero-order valence-electron chi connectivity index (χ0n) is 14.0. The van der Waals surface area contributed by atoms with Gasteiger partial charge < -0.3 is 10.2 Å². The fraction of sp³-hybridized carbons (Fsp3) is 0.611. The van der Waals surface area contributed by atoms with Crippen LogP contribution < -0.4 is 5.32 Å². The van der Waals surface area contributed by atoms with E-state index in [9.17, 15) is 4.79 Å². The van der Waals surface area contributed by atoms with Crippen molar-refractivity contribution in [2.45, 2.75) is 38.0 Å². The Morgan fingerprint density at radius 2 is 2.18 bits per heavy atom. The van der Waals surface area contributed by atoms with Gasteiger partial charge in [-0.25, -0.2) is 0 Å². The van der Waals surface area contributed by atoms with E-state index in [0.29, 0.717) is 18.2 Å². The molecule has 22 heavy (non-hydrogen) atoms. The van der Waals surface area contributed by atoms with E-state index in [-0.39, 0.29) is 0 Å². The molecule has 0 bridgehead atoms. The summed E-state index contributed by atoms with van der Waals surface area (Å²) < 4.78 is 0. The molecule has 2 rings (SSSR count). The third-order valence-corrected chi connectivity index (χ3v) is 5.42. The Morgan fingerprint density at radius 1 is 1.36 bits per heavy atom. The van der Waals surface area contributed by atoms with Gasteiger partial charge in [0, 0.05) is 30.2 Å². The predicted molar refractivity (Wildman–Crippen MR) is 94.5 cm³/mol. The summed E-state index contributed by atoms with van der Waals surface area (Å²) in [6, 6.07) is 6.53. The lowest BCUT2D eigenvalue weighted by atomic mass is 9.98. The molecular weight excluding hydrogens is 292 g/mol. The van der Waals surface area contributed by atoms with E-state index in [1.807, 2.05) is 7.05 Å². The minimum Gasteiger partial charge on any atom is -0.342 e. The number of nitrogens with one attached hydrogen (secondary N) is 1. The second-order valence-corrected chi connectivity index (χ2v) is 7.42. The topological polar surface area (TPSA) is 32.3 Å². The highest BCUT2D eigenvalue weighted by Crippen LogP contribution is 2.23. The smallest absolute Gasteiger partial charge is 0.223 e. The molecule has 1 unspecified atom stereocenters. The van der Waals surface area contributed by atoms with Crippen molar-refractivity contribution in [3.05, 3.63) is 29.3 Å². The van der Waals surface area contributed by atoms with Crippen LogP contribution >= 0.6 is 11.8 Å². The van der Waals surface area contributed by atoms with Gasteiger partial charge in [-0.3, -0.25) is 4.79 Å². The van der Waals surface area contributed by atoms with Crippen LogP contribution in [0.1, 0.15) is 30.4 Å². The Morgan fingerprint density at radius 3 is 2.91 bits per heavy atom. The normalized spacial score (nSPS) is 18.5. The second kappa shape index (κ2) is 8.59. The van der Waals surface area contributed by atoms with E-state index in [0.717, 1.165) is 31.8 Å². The number of carbonyl (C=O) groups excluding carboxylic acids is 1. The average molecular weight is 321 g/mol. The van der Waals surface area contributed by atoms with Gasteiger partial charge in [0.25, 0.3) is 0 Å². The van der Waals surface area contributed by atoms with Crippen molar-refractivity contribution >= 4 is 17.7 Å². The van der Waals surface area contributed by atoms with Crippen LogP contribution in [0.4, 0.5) is 0 Å². The van der Waals surface area contributed by atoms with E-state index in [1.54, 1.807) is 11.8 Å². The lowest BCUT2D eigenvalue weighted by Gasteiger charge is -2.32. The molecule has 0 spiro atoms. The van der Waals surface area contributed by atoms with Crippen LogP contribution in [0.25, 0.3) is 0 Å². The standard InChI is InChI=1S/C18H28N2OS/c1-14-6-7-17(11-15(14)2)22-10-8-18(21)20-9-4-5-16(13-20)12-19-3/h6-7,11,16,19H,4-5,8-10,12-13H2,1-3H3. The molecule has 0 aromatic heterocycles. The van der Waals surface area contributed by atoms with Crippen molar-refractivity contribution in [1.82, 2.24) is 10.2 Å². The molecule has 1 aliphatic heterocycles. The van der Waals surface area contributed by atoms with Crippen LogP contribution in [0, 0.1) is 19.8 Å². The molecular formula is C18H28N2OS. The summed E-state index contributed by atoms with van der Waals surface area (Å²) in [5, 5.41) is 3.23. The van der Waals surface area contributed by atoms with Crippen LogP contribution in [0.2, 0.25) is 0 Å². The van der Waals surface area contributed by atoms with Crippen molar-refractivity contribution in [1.29, 1.82) is 0 Å². The van der Waals surface area contributed by atoms with Gasteiger partial charge in [0.2, 0.25) is 5.91 Å². The number of likely N-dealkylation sites (tertiary alicyclic amines) is 1. The number of thioether (sulfide) groups is 1. The predicted octanol–water partition coefficient (Wildman–Crippen LogP) is 3.24. The summed E-state index contributed by atoms with van der Waals surface area (Å²) in [5.74, 6) is 1.81. The minimum absolute atomic E-state index is 0.317. The van der Waals surface area contributed by atoms with Gasteiger partial charge in [0.15, 0.2) is 0 Å². The molecule has 1 atom stereocenters. The molecule has 0 aliphatic carbocycles. The van der Waals surface area contributed by atoms with Crippen LogP contribution in [-0.4, -0.2) is 43.2 Å². The summed E-state index contributed by atoms with van der Waals surface area (Å²) >= 11 is 1.79. The van der Waals surface area contributed by atoms with E-state index in [1.165, 1.54) is 22.4 Å². The molecule has 1 fully saturated rings. The summed E-state index contributed by atoms with van der Waals surface area (Å²) in [4.78, 5) is 15.7. The highest BCUT2D eigenvalue weighted by atomic mass is 32.2.